The zero-order chi connectivity index (χ0) is 18.8. The lowest BCUT2D eigenvalue weighted by Gasteiger charge is -2.18. The first-order valence-corrected chi connectivity index (χ1v) is 7.80. The summed E-state index contributed by atoms with van der Waals surface area (Å²) in [4.78, 5) is 35.0. The lowest BCUT2D eigenvalue weighted by molar-refractivity contribution is -0.148. The first-order chi connectivity index (χ1) is 11.8. The zero-order valence-corrected chi connectivity index (χ0v) is 14.5. The Hall–Kier alpha value is -2.70. The van der Waals surface area contributed by atoms with E-state index >= 15 is 0 Å². The molecule has 0 aliphatic carbocycles. The van der Waals surface area contributed by atoms with Crippen molar-refractivity contribution in [2.24, 2.45) is 5.92 Å². The fourth-order valence-corrected chi connectivity index (χ4v) is 2.02. The predicted octanol–water partition coefficient (Wildman–Crippen LogP) is 2.09. The van der Waals surface area contributed by atoms with Crippen LogP contribution in [0.1, 0.15) is 25.8 Å². The van der Waals surface area contributed by atoms with Gasteiger partial charge in [-0.1, -0.05) is 32.0 Å². The van der Waals surface area contributed by atoms with Gasteiger partial charge < -0.3 is 14.8 Å². The molecule has 1 rings (SSSR count). The summed E-state index contributed by atoms with van der Waals surface area (Å²) in [6, 6.07) is 5.12. The largest absolute Gasteiger partial charge is 0.467 e. The van der Waals surface area contributed by atoms with Gasteiger partial charge in [-0.05, 0) is 24.5 Å². The molecule has 0 aromatic heterocycles. The number of amides is 1. The molecule has 0 radical (unpaired) electrons. The van der Waals surface area contributed by atoms with E-state index in [0.717, 1.165) is 6.08 Å². The maximum Gasteiger partial charge on any atom is 0.331 e. The number of ether oxygens (including phenoxy) is 2. The summed E-state index contributed by atoms with van der Waals surface area (Å²) < 4.78 is 22.8. The number of methoxy groups -OCH3 is 1. The Morgan fingerprint density at radius 1 is 1.24 bits per heavy atom. The molecule has 136 valence electrons. The average molecular weight is 351 g/mol. The van der Waals surface area contributed by atoms with Crippen molar-refractivity contribution >= 4 is 23.9 Å². The first kappa shape index (κ1) is 20.3. The summed E-state index contributed by atoms with van der Waals surface area (Å²) in [7, 11) is 1.23. The van der Waals surface area contributed by atoms with Crippen LogP contribution in [-0.4, -0.2) is 37.6 Å². The number of hydrogen-bond donors (Lipinski definition) is 1. The van der Waals surface area contributed by atoms with E-state index < -0.39 is 36.3 Å². The molecule has 0 aliphatic rings. The van der Waals surface area contributed by atoms with Gasteiger partial charge in [-0.3, -0.25) is 4.79 Å². The van der Waals surface area contributed by atoms with Crippen LogP contribution in [0, 0.1) is 11.7 Å². The summed E-state index contributed by atoms with van der Waals surface area (Å²) in [5.74, 6) is -2.29. The maximum atomic E-state index is 13.4. The number of benzene rings is 1. The normalized spacial score (nSPS) is 12.0. The SMILES string of the molecule is COC(=O)[C@@H](CC(C)C)NC(=O)COC(=O)/C=C/c1ccccc1F. The Morgan fingerprint density at radius 2 is 1.92 bits per heavy atom. The standard InChI is InChI=1S/C18H22FNO5/c1-12(2)10-15(18(23)24-3)20-16(21)11-25-17(22)9-8-13-6-4-5-7-14(13)19/h4-9,12,15H,10-11H2,1-3H3,(H,20,21)/b9-8+/t15-/m1/s1. The van der Waals surface area contributed by atoms with E-state index in [-0.39, 0.29) is 11.5 Å². The van der Waals surface area contributed by atoms with Gasteiger partial charge in [0.2, 0.25) is 0 Å². The highest BCUT2D eigenvalue weighted by molar-refractivity contribution is 5.90. The number of nitrogens with one attached hydrogen (secondary N) is 1. The second kappa shape index (κ2) is 10.2. The van der Waals surface area contributed by atoms with Crippen molar-refractivity contribution in [1.29, 1.82) is 0 Å². The highest BCUT2D eigenvalue weighted by atomic mass is 19.1. The van der Waals surface area contributed by atoms with Crippen molar-refractivity contribution in [3.05, 3.63) is 41.7 Å². The van der Waals surface area contributed by atoms with Crippen molar-refractivity contribution in [1.82, 2.24) is 5.32 Å². The molecule has 0 aliphatic heterocycles. The Balaban J connectivity index is 2.50. The Kier molecular flexibility index (Phi) is 8.32. The van der Waals surface area contributed by atoms with Gasteiger partial charge in [-0.2, -0.15) is 0 Å². The minimum absolute atomic E-state index is 0.163. The van der Waals surface area contributed by atoms with Crippen LogP contribution in [-0.2, 0) is 23.9 Å². The molecular weight excluding hydrogens is 329 g/mol. The summed E-state index contributed by atoms with van der Waals surface area (Å²) >= 11 is 0. The molecule has 0 spiro atoms. The molecule has 0 bridgehead atoms. The quantitative estimate of drug-likeness (QED) is 0.573. The highest BCUT2D eigenvalue weighted by Gasteiger charge is 2.22. The minimum Gasteiger partial charge on any atom is -0.467 e. The summed E-state index contributed by atoms with van der Waals surface area (Å²) in [5, 5.41) is 2.46. The second-order valence-corrected chi connectivity index (χ2v) is 5.74. The molecule has 0 saturated heterocycles. The predicted molar refractivity (Wildman–Crippen MR) is 89.8 cm³/mol. The smallest absolute Gasteiger partial charge is 0.331 e. The number of carbonyl (C=O) groups excluding carboxylic acids is 3. The monoisotopic (exact) mass is 351 g/mol. The van der Waals surface area contributed by atoms with E-state index in [4.69, 9.17) is 4.74 Å². The van der Waals surface area contributed by atoms with Gasteiger partial charge >= 0.3 is 11.9 Å². The first-order valence-electron chi connectivity index (χ1n) is 7.80. The lowest BCUT2D eigenvalue weighted by atomic mass is 10.0. The lowest BCUT2D eigenvalue weighted by Crippen LogP contribution is -2.44. The van der Waals surface area contributed by atoms with E-state index in [1.165, 1.54) is 31.4 Å². The van der Waals surface area contributed by atoms with Gasteiger partial charge in [0.1, 0.15) is 11.9 Å². The summed E-state index contributed by atoms with van der Waals surface area (Å²) in [5.41, 5.74) is 0.228. The van der Waals surface area contributed by atoms with Crippen molar-refractivity contribution in [3.8, 4) is 0 Å². The third kappa shape index (κ3) is 7.60. The number of hydrogen-bond acceptors (Lipinski definition) is 5. The van der Waals surface area contributed by atoms with Crippen molar-refractivity contribution in [3.63, 3.8) is 0 Å². The number of esters is 2. The van der Waals surface area contributed by atoms with Crippen LogP contribution in [0.25, 0.3) is 6.08 Å². The number of halogens is 1. The second-order valence-electron chi connectivity index (χ2n) is 5.74. The fourth-order valence-electron chi connectivity index (χ4n) is 2.02. The van der Waals surface area contributed by atoms with E-state index in [1.54, 1.807) is 6.07 Å². The van der Waals surface area contributed by atoms with Crippen molar-refractivity contribution in [2.75, 3.05) is 13.7 Å². The molecule has 1 aromatic carbocycles. The molecule has 1 aromatic rings. The van der Waals surface area contributed by atoms with Gasteiger partial charge in [0, 0.05) is 11.6 Å². The maximum absolute atomic E-state index is 13.4. The van der Waals surface area contributed by atoms with Crippen LogP contribution in [0.4, 0.5) is 4.39 Å². The number of carbonyl (C=O) groups is 3. The van der Waals surface area contributed by atoms with E-state index in [0.29, 0.717) is 6.42 Å². The summed E-state index contributed by atoms with van der Waals surface area (Å²) in [6.45, 7) is 3.25. The fraction of sp³-hybridized carbons (Fsp3) is 0.389. The van der Waals surface area contributed by atoms with Gasteiger partial charge in [-0.25, -0.2) is 14.0 Å². The van der Waals surface area contributed by atoms with E-state index in [9.17, 15) is 18.8 Å². The third-order valence-electron chi connectivity index (χ3n) is 3.18. The van der Waals surface area contributed by atoms with Crippen LogP contribution in [0.5, 0.6) is 0 Å². The van der Waals surface area contributed by atoms with E-state index in [2.05, 4.69) is 10.1 Å². The molecule has 0 fully saturated rings. The Morgan fingerprint density at radius 3 is 2.52 bits per heavy atom. The van der Waals surface area contributed by atoms with Gasteiger partial charge in [-0.15, -0.1) is 0 Å². The topological polar surface area (TPSA) is 81.7 Å². The highest BCUT2D eigenvalue weighted by Crippen LogP contribution is 2.08. The van der Waals surface area contributed by atoms with Gasteiger partial charge in [0.25, 0.3) is 5.91 Å². The zero-order valence-electron chi connectivity index (χ0n) is 14.5. The molecule has 1 N–H and O–H groups in total. The van der Waals surface area contributed by atoms with Crippen molar-refractivity contribution in [2.45, 2.75) is 26.3 Å². The van der Waals surface area contributed by atoms with Gasteiger partial charge in [0.15, 0.2) is 6.61 Å². The molecule has 1 atom stereocenters. The Labute approximate surface area is 146 Å². The molecule has 0 unspecified atom stereocenters. The molecular formula is C18H22FNO5. The molecule has 6 nitrogen and oxygen atoms in total. The van der Waals surface area contributed by atoms with Gasteiger partial charge in [0.05, 0.1) is 7.11 Å². The van der Waals surface area contributed by atoms with Crippen molar-refractivity contribution < 1.29 is 28.2 Å². The third-order valence-corrected chi connectivity index (χ3v) is 3.18. The van der Waals surface area contributed by atoms with Crippen LogP contribution in [0.2, 0.25) is 0 Å². The number of rotatable bonds is 8. The average Bonchev–Trinajstić information content (AvgIpc) is 2.57. The molecule has 1 amide bonds. The Bertz CT molecular complexity index is 642. The van der Waals surface area contributed by atoms with Crippen LogP contribution in [0.3, 0.4) is 0 Å². The molecule has 0 saturated carbocycles. The molecule has 25 heavy (non-hydrogen) atoms. The van der Waals surface area contributed by atoms with Crippen LogP contribution in [0.15, 0.2) is 30.3 Å². The van der Waals surface area contributed by atoms with E-state index in [1.807, 2.05) is 13.8 Å². The summed E-state index contributed by atoms with van der Waals surface area (Å²) in [6.07, 6.45) is 2.68. The molecule has 0 heterocycles. The van der Waals surface area contributed by atoms with Crippen LogP contribution < -0.4 is 5.32 Å². The molecule has 7 heteroatoms. The minimum atomic E-state index is -0.801. The van der Waals surface area contributed by atoms with Crippen LogP contribution >= 0.6 is 0 Å².